The number of rotatable bonds is 2. The molecule has 0 amide bonds. The zero-order valence-corrected chi connectivity index (χ0v) is 7.48. The van der Waals surface area contributed by atoms with Crippen molar-refractivity contribution in [1.29, 1.82) is 0 Å². The van der Waals surface area contributed by atoms with E-state index >= 15 is 0 Å². The summed E-state index contributed by atoms with van der Waals surface area (Å²) in [6, 6.07) is 2.75. The molecule has 1 N–H and O–H groups in total. The SMILES string of the molecule is O=[N+]([O-])c1cc(CO)cc(Br)n1. The van der Waals surface area contributed by atoms with Crippen LogP contribution in [0.1, 0.15) is 5.56 Å². The lowest BCUT2D eigenvalue weighted by Crippen LogP contribution is -1.94. The quantitative estimate of drug-likeness (QED) is 0.473. The molecular formula is C6H5BrN2O3. The Bertz CT molecular complexity index is 316. The maximum atomic E-state index is 10.3. The minimum absolute atomic E-state index is 0.234. The van der Waals surface area contributed by atoms with E-state index in [1.54, 1.807) is 0 Å². The van der Waals surface area contributed by atoms with Gasteiger partial charge in [-0.3, -0.25) is 0 Å². The van der Waals surface area contributed by atoms with Crippen molar-refractivity contribution in [3.63, 3.8) is 0 Å². The Morgan fingerprint density at radius 1 is 1.67 bits per heavy atom. The van der Waals surface area contributed by atoms with Crippen LogP contribution in [-0.2, 0) is 6.61 Å². The van der Waals surface area contributed by atoms with Gasteiger partial charge in [0.25, 0.3) is 0 Å². The number of halogens is 1. The fourth-order valence-corrected chi connectivity index (χ4v) is 1.19. The zero-order chi connectivity index (χ0) is 9.14. The molecule has 1 rings (SSSR count). The highest BCUT2D eigenvalue weighted by Crippen LogP contribution is 2.16. The Hall–Kier alpha value is -1.01. The first-order valence-electron chi connectivity index (χ1n) is 3.05. The highest BCUT2D eigenvalue weighted by atomic mass is 79.9. The van der Waals surface area contributed by atoms with Crippen LogP contribution in [0.3, 0.4) is 0 Å². The molecule has 0 fully saturated rings. The van der Waals surface area contributed by atoms with Gasteiger partial charge in [0.2, 0.25) is 4.60 Å². The van der Waals surface area contributed by atoms with Crippen LogP contribution in [0.5, 0.6) is 0 Å². The first-order chi connectivity index (χ1) is 5.63. The summed E-state index contributed by atoms with van der Waals surface area (Å²) in [5.74, 6) is -0.270. The summed E-state index contributed by atoms with van der Waals surface area (Å²) in [5, 5.41) is 19.0. The van der Waals surface area contributed by atoms with E-state index < -0.39 is 4.92 Å². The second-order valence-electron chi connectivity index (χ2n) is 2.07. The number of aliphatic hydroxyl groups is 1. The van der Waals surface area contributed by atoms with Crippen molar-refractivity contribution in [3.8, 4) is 0 Å². The van der Waals surface area contributed by atoms with E-state index in [-0.39, 0.29) is 12.4 Å². The second-order valence-corrected chi connectivity index (χ2v) is 2.88. The highest BCUT2D eigenvalue weighted by molar-refractivity contribution is 9.10. The van der Waals surface area contributed by atoms with E-state index in [0.29, 0.717) is 10.2 Å². The Balaban J connectivity index is 3.15. The monoisotopic (exact) mass is 232 g/mol. The Kier molecular flexibility index (Phi) is 2.72. The first kappa shape index (κ1) is 9.08. The molecule has 1 aromatic heterocycles. The number of aliphatic hydroxyl groups excluding tert-OH is 1. The molecule has 1 aromatic rings. The predicted molar refractivity (Wildman–Crippen MR) is 44.5 cm³/mol. The van der Waals surface area contributed by atoms with Crippen molar-refractivity contribution < 1.29 is 10.0 Å². The van der Waals surface area contributed by atoms with Crippen LogP contribution in [0.2, 0.25) is 0 Å². The van der Waals surface area contributed by atoms with Gasteiger partial charge in [-0.2, -0.15) is 0 Å². The van der Waals surface area contributed by atoms with Crippen LogP contribution >= 0.6 is 15.9 Å². The molecule has 0 unspecified atom stereocenters. The predicted octanol–water partition coefficient (Wildman–Crippen LogP) is 1.24. The van der Waals surface area contributed by atoms with Gasteiger partial charge in [-0.05, 0) is 15.5 Å². The Labute approximate surface area is 76.3 Å². The molecule has 0 aliphatic rings. The minimum atomic E-state index is -0.607. The summed E-state index contributed by atoms with van der Waals surface area (Å²) in [6.07, 6.45) is 0. The maximum Gasteiger partial charge on any atom is 0.365 e. The van der Waals surface area contributed by atoms with E-state index in [4.69, 9.17) is 5.11 Å². The Morgan fingerprint density at radius 2 is 2.33 bits per heavy atom. The summed E-state index contributed by atoms with van der Waals surface area (Å²) < 4.78 is 0.348. The summed E-state index contributed by atoms with van der Waals surface area (Å²) in [4.78, 5) is 13.2. The number of pyridine rings is 1. The van der Waals surface area contributed by atoms with Gasteiger partial charge < -0.3 is 15.2 Å². The lowest BCUT2D eigenvalue weighted by molar-refractivity contribution is -0.389. The van der Waals surface area contributed by atoms with E-state index in [2.05, 4.69) is 20.9 Å². The van der Waals surface area contributed by atoms with Gasteiger partial charge in [-0.15, -0.1) is 0 Å². The van der Waals surface area contributed by atoms with Crippen molar-refractivity contribution in [1.82, 2.24) is 4.98 Å². The molecule has 0 bridgehead atoms. The molecule has 6 heteroatoms. The molecule has 0 spiro atoms. The van der Waals surface area contributed by atoms with E-state index in [1.807, 2.05) is 0 Å². The largest absolute Gasteiger partial charge is 0.392 e. The van der Waals surface area contributed by atoms with Crippen molar-refractivity contribution in [2.24, 2.45) is 0 Å². The number of nitro groups is 1. The van der Waals surface area contributed by atoms with Crippen LogP contribution in [-0.4, -0.2) is 15.0 Å². The van der Waals surface area contributed by atoms with Gasteiger partial charge in [0.15, 0.2) is 0 Å². The summed E-state index contributed by atoms with van der Waals surface area (Å²) in [6.45, 7) is -0.234. The smallest absolute Gasteiger partial charge is 0.365 e. The molecule has 0 saturated heterocycles. The van der Waals surface area contributed by atoms with Crippen LogP contribution in [0.4, 0.5) is 5.82 Å². The van der Waals surface area contributed by atoms with Crippen molar-refractivity contribution in [3.05, 3.63) is 32.4 Å². The third kappa shape index (κ3) is 1.99. The van der Waals surface area contributed by atoms with Crippen molar-refractivity contribution in [2.45, 2.75) is 6.61 Å². The van der Waals surface area contributed by atoms with Gasteiger partial charge in [0, 0.05) is 28.1 Å². The number of hydrogen-bond donors (Lipinski definition) is 1. The normalized spacial score (nSPS) is 9.83. The fraction of sp³-hybridized carbons (Fsp3) is 0.167. The maximum absolute atomic E-state index is 10.3. The van der Waals surface area contributed by atoms with Gasteiger partial charge in [-0.25, -0.2) is 0 Å². The second kappa shape index (κ2) is 3.59. The molecule has 0 saturated carbocycles. The van der Waals surface area contributed by atoms with Crippen LogP contribution in [0, 0.1) is 10.1 Å². The molecule has 0 atom stereocenters. The minimum Gasteiger partial charge on any atom is -0.392 e. The average Bonchev–Trinajstić information content (AvgIpc) is 2.03. The standard InChI is InChI=1S/C6H5BrN2O3/c7-5-1-4(3-10)2-6(8-5)9(11)12/h1-2,10H,3H2. The molecule has 0 aliphatic heterocycles. The Morgan fingerprint density at radius 3 is 2.83 bits per heavy atom. The summed E-state index contributed by atoms with van der Waals surface area (Å²) in [7, 11) is 0. The van der Waals surface area contributed by atoms with Crippen molar-refractivity contribution >= 4 is 21.7 Å². The lowest BCUT2D eigenvalue weighted by atomic mass is 10.3. The fourth-order valence-electron chi connectivity index (χ4n) is 0.719. The highest BCUT2D eigenvalue weighted by Gasteiger charge is 2.10. The molecular weight excluding hydrogens is 228 g/mol. The first-order valence-corrected chi connectivity index (χ1v) is 3.84. The molecule has 64 valence electrons. The van der Waals surface area contributed by atoms with E-state index in [1.165, 1.54) is 12.1 Å². The van der Waals surface area contributed by atoms with Gasteiger partial charge in [0.05, 0.1) is 6.61 Å². The molecule has 5 nitrogen and oxygen atoms in total. The molecule has 0 aliphatic carbocycles. The molecule has 0 aromatic carbocycles. The van der Waals surface area contributed by atoms with Crippen LogP contribution < -0.4 is 0 Å². The van der Waals surface area contributed by atoms with E-state index in [9.17, 15) is 10.1 Å². The molecule has 1 heterocycles. The van der Waals surface area contributed by atoms with Gasteiger partial charge in [-0.1, -0.05) is 0 Å². The topological polar surface area (TPSA) is 76.3 Å². The summed E-state index contributed by atoms with van der Waals surface area (Å²) >= 11 is 3.00. The van der Waals surface area contributed by atoms with Gasteiger partial charge in [0.1, 0.15) is 0 Å². The van der Waals surface area contributed by atoms with Crippen LogP contribution in [0.25, 0.3) is 0 Å². The average molecular weight is 233 g/mol. The van der Waals surface area contributed by atoms with Crippen LogP contribution in [0.15, 0.2) is 16.7 Å². The van der Waals surface area contributed by atoms with Gasteiger partial charge >= 0.3 is 5.82 Å². The number of nitrogens with zero attached hydrogens (tertiary/aromatic N) is 2. The third-order valence-corrected chi connectivity index (χ3v) is 1.62. The number of aromatic nitrogens is 1. The third-order valence-electron chi connectivity index (χ3n) is 1.21. The lowest BCUT2D eigenvalue weighted by Gasteiger charge is -1.95. The zero-order valence-electron chi connectivity index (χ0n) is 5.90. The summed E-state index contributed by atoms with van der Waals surface area (Å²) in [5.41, 5.74) is 0.462. The molecule has 0 radical (unpaired) electrons. The number of hydrogen-bond acceptors (Lipinski definition) is 4. The molecule has 12 heavy (non-hydrogen) atoms. The van der Waals surface area contributed by atoms with E-state index in [0.717, 1.165) is 0 Å². The van der Waals surface area contributed by atoms with Crippen molar-refractivity contribution in [2.75, 3.05) is 0 Å².